The topological polar surface area (TPSA) is 62.2 Å². The molecular weight excluding hydrogens is 428 g/mol. The van der Waals surface area contributed by atoms with Gasteiger partial charge in [-0.2, -0.15) is 0 Å². The molecule has 2 aliphatic heterocycles. The second-order valence-electron chi connectivity index (χ2n) is 11.3. The minimum Gasteiger partial charge on any atom is -0.435 e. The number of hydrogen-bond acceptors (Lipinski definition) is 6. The molecule has 6 nitrogen and oxygen atoms in total. The number of allylic oxidation sites excluding steroid dienone is 1. The van der Waals surface area contributed by atoms with Crippen LogP contribution in [0, 0.1) is 11.3 Å². The molecular formula is C28H40N2O4. The summed E-state index contributed by atoms with van der Waals surface area (Å²) < 4.78 is 12.1. The van der Waals surface area contributed by atoms with Crippen molar-refractivity contribution in [1.29, 1.82) is 0 Å². The van der Waals surface area contributed by atoms with Crippen LogP contribution >= 0.6 is 0 Å². The van der Waals surface area contributed by atoms with Crippen LogP contribution < -0.4 is 0 Å². The Morgan fingerprint density at radius 2 is 1.82 bits per heavy atom. The van der Waals surface area contributed by atoms with Crippen LogP contribution in [0.25, 0.3) is 0 Å². The fourth-order valence-corrected chi connectivity index (χ4v) is 6.98. The highest BCUT2D eigenvalue weighted by atomic mass is 16.7. The van der Waals surface area contributed by atoms with Crippen LogP contribution in [0.5, 0.6) is 0 Å². The Morgan fingerprint density at radius 1 is 1.12 bits per heavy atom. The molecule has 1 aromatic carbocycles. The Labute approximate surface area is 203 Å². The second kappa shape index (κ2) is 9.38. The number of benzene rings is 1. The summed E-state index contributed by atoms with van der Waals surface area (Å²) in [5.74, 6) is -0.587. The Bertz CT molecular complexity index is 926. The number of piperazine rings is 1. The Morgan fingerprint density at radius 3 is 2.53 bits per heavy atom. The maximum absolute atomic E-state index is 12.1. The lowest BCUT2D eigenvalue weighted by Gasteiger charge is -2.50. The summed E-state index contributed by atoms with van der Waals surface area (Å²) in [7, 11) is 0. The van der Waals surface area contributed by atoms with E-state index in [1.54, 1.807) is 0 Å². The average Bonchev–Trinajstić information content (AvgIpc) is 3.06. The largest absolute Gasteiger partial charge is 0.435 e. The average molecular weight is 469 g/mol. The molecule has 2 aliphatic carbocycles. The van der Waals surface area contributed by atoms with Gasteiger partial charge in [-0.25, -0.2) is 0 Å². The molecule has 186 valence electrons. The quantitative estimate of drug-likeness (QED) is 0.525. The van der Waals surface area contributed by atoms with Gasteiger partial charge in [0, 0.05) is 46.2 Å². The minimum absolute atomic E-state index is 0.0813. The van der Waals surface area contributed by atoms with Crippen molar-refractivity contribution < 1.29 is 19.4 Å². The molecule has 34 heavy (non-hydrogen) atoms. The number of esters is 1. The Hall–Kier alpha value is -1.73. The van der Waals surface area contributed by atoms with E-state index >= 15 is 0 Å². The van der Waals surface area contributed by atoms with E-state index in [9.17, 15) is 9.90 Å². The van der Waals surface area contributed by atoms with Crippen molar-refractivity contribution in [1.82, 2.24) is 9.80 Å². The lowest BCUT2D eigenvalue weighted by Crippen LogP contribution is -2.57. The van der Waals surface area contributed by atoms with Crippen LogP contribution in [0.1, 0.15) is 58.4 Å². The van der Waals surface area contributed by atoms with Crippen molar-refractivity contribution in [3.05, 3.63) is 47.0 Å². The lowest BCUT2D eigenvalue weighted by atomic mass is 9.57. The predicted octanol–water partition coefficient (Wildman–Crippen LogP) is 3.74. The van der Waals surface area contributed by atoms with Gasteiger partial charge in [0.25, 0.3) is 0 Å². The highest BCUT2D eigenvalue weighted by molar-refractivity contribution is 5.66. The van der Waals surface area contributed by atoms with Gasteiger partial charge in [0.2, 0.25) is 6.29 Å². The molecule has 0 radical (unpaired) electrons. The van der Waals surface area contributed by atoms with E-state index in [1.807, 2.05) is 0 Å². The van der Waals surface area contributed by atoms with Gasteiger partial charge in [0.05, 0.1) is 5.92 Å². The molecule has 6 heteroatoms. The highest BCUT2D eigenvalue weighted by Crippen LogP contribution is 2.58. The van der Waals surface area contributed by atoms with Crippen LogP contribution in [-0.4, -0.2) is 71.6 Å². The minimum atomic E-state index is -0.991. The van der Waals surface area contributed by atoms with Crippen molar-refractivity contribution in [3.63, 3.8) is 0 Å². The molecule has 0 aromatic heterocycles. The van der Waals surface area contributed by atoms with Crippen molar-refractivity contribution in [2.45, 2.75) is 77.4 Å². The Kier molecular flexibility index (Phi) is 6.62. The summed E-state index contributed by atoms with van der Waals surface area (Å²) in [5, 5.41) is 12.1. The second-order valence-corrected chi connectivity index (χ2v) is 11.3. The number of rotatable bonds is 5. The third-order valence-electron chi connectivity index (χ3n) is 8.88. The molecule has 5 atom stereocenters. The fourth-order valence-electron chi connectivity index (χ4n) is 6.98. The number of fused-ring (bicyclic) bond motifs is 3. The monoisotopic (exact) mass is 468 g/mol. The summed E-state index contributed by atoms with van der Waals surface area (Å²) in [5.41, 5.74) is 3.06. The molecule has 1 N–H and O–H groups in total. The van der Waals surface area contributed by atoms with Gasteiger partial charge in [0.1, 0.15) is 11.7 Å². The van der Waals surface area contributed by atoms with E-state index < -0.39 is 11.9 Å². The molecule has 0 bridgehead atoms. The molecule has 2 saturated heterocycles. The van der Waals surface area contributed by atoms with Crippen molar-refractivity contribution in [2.75, 3.05) is 32.7 Å². The summed E-state index contributed by atoms with van der Waals surface area (Å²) >= 11 is 0. The first-order valence-corrected chi connectivity index (χ1v) is 13.0. The van der Waals surface area contributed by atoms with E-state index in [0.717, 1.165) is 52.0 Å². The predicted molar refractivity (Wildman–Crippen MR) is 131 cm³/mol. The van der Waals surface area contributed by atoms with Gasteiger partial charge in [-0.15, -0.1) is 0 Å². The Balaban J connectivity index is 1.31. The van der Waals surface area contributed by atoms with E-state index in [0.29, 0.717) is 13.0 Å². The van der Waals surface area contributed by atoms with Crippen LogP contribution in [0.3, 0.4) is 0 Å². The first-order chi connectivity index (χ1) is 16.3. The van der Waals surface area contributed by atoms with Gasteiger partial charge < -0.3 is 19.5 Å². The van der Waals surface area contributed by atoms with Crippen LogP contribution in [0.15, 0.2) is 41.5 Å². The zero-order valence-electron chi connectivity index (χ0n) is 21.0. The van der Waals surface area contributed by atoms with Gasteiger partial charge in [-0.05, 0) is 55.6 Å². The molecule has 0 spiro atoms. The molecule has 1 aromatic rings. The maximum atomic E-state index is 12.1. The van der Waals surface area contributed by atoms with E-state index in [-0.39, 0.29) is 23.4 Å². The van der Waals surface area contributed by atoms with Crippen LogP contribution in [0.2, 0.25) is 0 Å². The van der Waals surface area contributed by atoms with Gasteiger partial charge >= 0.3 is 5.97 Å². The van der Waals surface area contributed by atoms with Crippen molar-refractivity contribution in [2.24, 2.45) is 11.3 Å². The normalized spacial score (nSPS) is 36.8. The smallest absolute Gasteiger partial charge is 0.304 e. The summed E-state index contributed by atoms with van der Waals surface area (Å²) in [4.78, 5) is 16.9. The summed E-state index contributed by atoms with van der Waals surface area (Å²) in [6.45, 7) is 11.5. The molecule has 2 heterocycles. The van der Waals surface area contributed by atoms with Crippen LogP contribution in [-0.2, 0) is 20.8 Å². The first kappa shape index (κ1) is 24.0. The third-order valence-corrected chi connectivity index (χ3v) is 8.88. The zero-order valence-corrected chi connectivity index (χ0v) is 21.0. The van der Waals surface area contributed by atoms with Crippen molar-refractivity contribution in [3.8, 4) is 0 Å². The number of ether oxygens (including phenoxy) is 2. The molecule has 5 rings (SSSR count). The maximum Gasteiger partial charge on any atom is 0.304 e. The number of carbonyl (C=O) groups excluding carboxylic acids is 1. The first-order valence-electron chi connectivity index (χ1n) is 13.0. The molecule has 0 amide bonds. The standard InChI is InChI=1S/C28H40N2O4/c1-20-8-7-11-27(3)12-13-28(32)23(26(33-21(2)31)34-25(28)24(20)27)19-30-16-14-29(15-17-30)18-22-9-5-4-6-10-22/h4-6,9-10,23,25-26,32H,7-8,11-19H2,1-3H3. The van der Waals surface area contributed by atoms with E-state index in [1.165, 1.54) is 30.1 Å². The molecule has 3 fully saturated rings. The number of nitrogens with zero attached hydrogens (tertiary/aromatic N) is 2. The molecule has 1 saturated carbocycles. The van der Waals surface area contributed by atoms with Gasteiger partial charge in [0.15, 0.2) is 0 Å². The SMILES string of the molecule is CC(=O)OC1OC2C3=C(C)CCCC3(C)CCC2(O)C1CN1CCN(Cc2ccccc2)CC1. The number of aliphatic hydroxyl groups is 1. The molecule has 5 unspecified atom stereocenters. The zero-order chi connectivity index (χ0) is 23.9. The van der Waals surface area contributed by atoms with Crippen molar-refractivity contribution >= 4 is 5.97 Å². The number of hydrogen-bond donors (Lipinski definition) is 1. The lowest BCUT2D eigenvalue weighted by molar-refractivity contribution is -0.178. The van der Waals surface area contributed by atoms with Gasteiger partial charge in [-0.1, -0.05) is 42.8 Å². The molecule has 4 aliphatic rings. The van der Waals surface area contributed by atoms with E-state index in [2.05, 4.69) is 54.0 Å². The highest BCUT2D eigenvalue weighted by Gasteiger charge is 2.63. The number of carbonyl (C=O) groups is 1. The summed E-state index contributed by atoms with van der Waals surface area (Å²) in [6.07, 6.45) is 3.99. The van der Waals surface area contributed by atoms with Crippen LogP contribution in [0.4, 0.5) is 0 Å². The summed E-state index contributed by atoms with van der Waals surface area (Å²) in [6, 6.07) is 10.6. The fraction of sp³-hybridized carbons (Fsp3) is 0.679. The third kappa shape index (κ3) is 4.46. The van der Waals surface area contributed by atoms with E-state index in [4.69, 9.17) is 9.47 Å². The van der Waals surface area contributed by atoms with Gasteiger partial charge in [-0.3, -0.25) is 9.69 Å².